The average Bonchev–Trinajstić information content (AvgIpc) is 2.56. The van der Waals surface area contributed by atoms with Crippen LogP contribution in [0, 0.1) is 0 Å². The van der Waals surface area contributed by atoms with Crippen LogP contribution >= 0.6 is 15.9 Å². The van der Waals surface area contributed by atoms with Gasteiger partial charge in [-0.25, -0.2) is 4.79 Å². The van der Waals surface area contributed by atoms with Crippen LogP contribution in [0.3, 0.4) is 0 Å². The van der Waals surface area contributed by atoms with Gasteiger partial charge in [0.25, 0.3) is 0 Å². The number of halogens is 1. The van der Waals surface area contributed by atoms with Crippen molar-refractivity contribution in [3.63, 3.8) is 0 Å². The molecule has 0 bridgehead atoms. The molecule has 5 heteroatoms. The summed E-state index contributed by atoms with van der Waals surface area (Å²) < 4.78 is 6.24. The highest BCUT2D eigenvalue weighted by atomic mass is 79.9. The zero-order chi connectivity index (χ0) is 17.1. The van der Waals surface area contributed by atoms with Crippen molar-refractivity contribution < 1.29 is 14.8 Å². The maximum absolute atomic E-state index is 11.8. The summed E-state index contributed by atoms with van der Waals surface area (Å²) in [6.07, 6.45) is 0.988. The molecule has 0 fully saturated rings. The first-order chi connectivity index (χ1) is 11.6. The smallest absolute Gasteiger partial charge is 0.336 e. The van der Waals surface area contributed by atoms with Crippen molar-refractivity contribution in [1.82, 2.24) is 0 Å². The van der Waals surface area contributed by atoms with Crippen LogP contribution in [0.4, 0.5) is 0 Å². The average molecular weight is 389 g/mol. The Morgan fingerprint density at radius 3 is 2.62 bits per heavy atom. The molecular formula is C19H19BrNO3+. The molecule has 1 heterocycles. The van der Waals surface area contributed by atoms with Crippen LogP contribution < -0.4 is 10.9 Å². The van der Waals surface area contributed by atoms with E-state index in [4.69, 9.17) is 4.42 Å². The summed E-state index contributed by atoms with van der Waals surface area (Å²) >= 11 is 3.46. The highest BCUT2D eigenvalue weighted by molar-refractivity contribution is 9.10. The summed E-state index contributed by atoms with van der Waals surface area (Å²) in [4.78, 5) is 11.8. The Hall–Kier alpha value is -2.11. The fourth-order valence-corrected chi connectivity index (χ4v) is 3.17. The second-order valence-corrected chi connectivity index (χ2v) is 6.69. The minimum Gasteiger partial charge on any atom is -0.508 e. The number of aromatic hydroxyl groups is 1. The molecule has 0 saturated carbocycles. The van der Waals surface area contributed by atoms with Crippen LogP contribution in [0.2, 0.25) is 0 Å². The van der Waals surface area contributed by atoms with Crippen LogP contribution in [0.15, 0.2) is 62.2 Å². The molecule has 0 unspecified atom stereocenters. The normalized spacial score (nSPS) is 12.4. The number of benzene rings is 2. The first-order valence-corrected chi connectivity index (χ1v) is 8.70. The highest BCUT2D eigenvalue weighted by Crippen LogP contribution is 2.22. The first-order valence-electron chi connectivity index (χ1n) is 7.91. The molecule has 1 atom stereocenters. The Bertz CT molecular complexity index is 903. The number of quaternary nitrogens is 1. The largest absolute Gasteiger partial charge is 0.508 e. The maximum atomic E-state index is 11.8. The van der Waals surface area contributed by atoms with E-state index in [1.165, 1.54) is 17.7 Å². The van der Waals surface area contributed by atoms with Crippen molar-refractivity contribution in [1.29, 1.82) is 0 Å². The Morgan fingerprint density at radius 1 is 1.17 bits per heavy atom. The Balaban J connectivity index is 1.86. The monoisotopic (exact) mass is 388 g/mol. The van der Waals surface area contributed by atoms with Gasteiger partial charge in [0.15, 0.2) is 0 Å². The minimum atomic E-state index is -0.395. The van der Waals surface area contributed by atoms with Crippen LogP contribution in [0.5, 0.6) is 5.75 Å². The van der Waals surface area contributed by atoms with Gasteiger partial charge in [-0.2, -0.15) is 0 Å². The fourth-order valence-electron chi connectivity index (χ4n) is 2.91. The molecule has 3 aromatic rings. The zero-order valence-corrected chi connectivity index (χ0v) is 14.9. The second kappa shape index (κ2) is 7.20. The van der Waals surface area contributed by atoms with Crippen molar-refractivity contribution in [2.45, 2.75) is 25.9 Å². The summed E-state index contributed by atoms with van der Waals surface area (Å²) in [5.74, 6) is 0.0908. The third-order valence-electron chi connectivity index (χ3n) is 4.17. The quantitative estimate of drug-likeness (QED) is 0.657. The van der Waals surface area contributed by atoms with E-state index in [0.717, 1.165) is 21.8 Å². The molecule has 3 N–H and O–H groups in total. The molecule has 0 saturated heterocycles. The number of nitrogens with two attached hydrogens (primary N) is 1. The first kappa shape index (κ1) is 16.7. The Kier molecular flexibility index (Phi) is 5.02. The SMILES string of the molecule is CC[C@@H]([NH2+]Cc1cc(=O)oc2cc(O)ccc12)c1ccc(Br)cc1. The summed E-state index contributed by atoms with van der Waals surface area (Å²) in [5.41, 5.74) is 2.19. The number of hydrogen-bond donors (Lipinski definition) is 2. The van der Waals surface area contributed by atoms with E-state index >= 15 is 0 Å². The molecule has 0 aliphatic heterocycles. The number of phenols is 1. The van der Waals surface area contributed by atoms with Gasteiger partial charge in [0.2, 0.25) is 0 Å². The third-order valence-corrected chi connectivity index (χ3v) is 4.70. The van der Waals surface area contributed by atoms with E-state index in [1.54, 1.807) is 12.1 Å². The van der Waals surface area contributed by atoms with Gasteiger partial charge in [0, 0.05) is 39.5 Å². The van der Waals surface area contributed by atoms with E-state index < -0.39 is 5.63 Å². The summed E-state index contributed by atoms with van der Waals surface area (Å²) in [6, 6.07) is 15.0. The second-order valence-electron chi connectivity index (χ2n) is 5.78. The van der Waals surface area contributed by atoms with E-state index in [1.807, 2.05) is 12.1 Å². The molecule has 0 amide bonds. The summed E-state index contributed by atoms with van der Waals surface area (Å²) in [6.45, 7) is 2.82. The zero-order valence-electron chi connectivity index (χ0n) is 13.3. The molecule has 3 rings (SSSR count). The van der Waals surface area contributed by atoms with Gasteiger partial charge in [-0.05, 0) is 24.3 Å². The Labute approximate surface area is 148 Å². The number of rotatable bonds is 5. The molecular weight excluding hydrogens is 370 g/mol. The van der Waals surface area contributed by atoms with Crippen molar-refractivity contribution in [3.05, 3.63) is 74.6 Å². The predicted octanol–water partition coefficient (Wildman–Crippen LogP) is 3.48. The van der Waals surface area contributed by atoms with Crippen LogP contribution in [0.25, 0.3) is 11.0 Å². The molecule has 0 aliphatic rings. The fraction of sp³-hybridized carbons (Fsp3) is 0.211. The Morgan fingerprint density at radius 2 is 1.92 bits per heavy atom. The van der Waals surface area contributed by atoms with Gasteiger partial charge in [0.1, 0.15) is 23.9 Å². The van der Waals surface area contributed by atoms with E-state index in [0.29, 0.717) is 18.2 Å². The molecule has 24 heavy (non-hydrogen) atoms. The van der Waals surface area contributed by atoms with Gasteiger partial charge in [-0.15, -0.1) is 0 Å². The van der Waals surface area contributed by atoms with Crippen molar-refractivity contribution >= 4 is 26.9 Å². The molecule has 124 valence electrons. The molecule has 1 aromatic heterocycles. The molecule has 0 spiro atoms. The number of phenolic OH excluding ortho intramolecular Hbond substituents is 1. The lowest BCUT2D eigenvalue weighted by atomic mass is 10.0. The lowest BCUT2D eigenvalue weighted by molar-refractivity contribution is -0.711. The number of fused-ring (bicyclic) bond motifs is 1. The standard InChI is InChI=1S/C19H18BrNO3/c1-2-17(12-3-5-14(20)6-4-12)21-11-13-9-19(23)24-18-10-15(22)7-8-16(13)18/h3-10,17,21-22H,2,11H2,1H3/p+1/t17-/m1/s1. The van der Waals surface area contributed by atoms with E-state index in [9.17, 15) is 9.90 Å². The topological polar surface area (TPSA) is 67.0 Å². The van der Waals surface area contributed by atoms with Gasteiger partial charge in [-0.3, -0.25) is 0 Å². The molecule has 0 aliphatic carbocycles. The summed E-state index contributed by atoms with van der Waals surface area (Å²) in [7, 11) is 0. The van der Waals surface area contributed by atoms with Crippen molar-refractivity contribution in [3.8, 4) is 5.75 Å². The minimum absolute atomic E-state index is 0.0908. The van der Waals surface area contributed by atoms with Crippen molar-refractivity contribution in [2.24, 2.45) is 0 Å². The van der Waals surface area contributed by atoms with Crippen molar-refractivity contribution in [2.75, 3.05) is 0 Å². The maximum Gasteiger partial charge on any atom is 0.336 e. The summed E-state index contributed by atoms with van der Waals surface area (Å²) in [5, 5.41) is 12.6. The lowest BCUT2D eigenvalue weighted by Gasteiger charge is -2.15. The predicted molar refractivity (Wildman–Crippen MR) is 97.0 cm³/mol. The van der Waals surface area contributed by atoms with Gasteiger partial charge in [-0.1, -0.05) is 35.0 Å². The van der Waals surface area contributed by atoms with Gasteiger partial charge >= 0.3 is 5.63 Å². The van der Waals surface area contributed by atoms with Crippen LogP contribution in [0.1, 0.15) is 30.5 Å². The van der Waals surface area contributed by atoms with Crippen LogP contribution in [-0.4, -0.2) is 5.11 Å². The molecule has 4 nitrogen and oxygen atoms in total. The molecule has 0 radical (unpaired) electrons. The molecule has 2 aromatic carbocycles. The van der Waals surface area contributed by atoms with Gasteiger partial charge in [0.05, 0.1) is 0 Å². The highest BCUT2D eigenvalue weighted by Gasteiger charge is 2.14. The third kappa shape index (κ3) is 3.68. The van der Waals surface area contributed by atoms with Gasteiger partial charge < -0.3 is 14.8 Å². The van der Waals surface area contributed by atoms with Crippen LogP contribution in [-0.2, 0) is 6.54 Å². The lowest BCUT2D eigenvalue weighted by Crippen LogP contribution is -2.83. The number of hydrogen-bond acceptors (Lipinski definition) is 3. The van der Waals surface area contributed by atoms with E-state index in [-0.39, 0.29) is 5.75 Å². The van der Waals surface area contributed by atoms with E-state index in [2.05, 4.69) is 40.3 Å².